The lowest BCUT2D eigenvalue weighted by atomic mass is 10.0. The highest BCUT2D eigenvalue weighted by Crippen LogP contribution is 2.24. The van der Waals surface area contributed by atoms with Gasteiger partial charge in [-0.3, -0.25) is 9.59 Å². The van der Waals surface area contributed by atoms with Gasteiger partial charge in [-0.15, -0.1) is 0 Å². The molecule has 1 aliphatic rings. The monoisotopic (exact) mass is 300 g/mol. The Morgan fingerprint density at radius 1 is 1.29 bits per heavy atom. The summed E-state index contributed by atoms with van der Waals surface area (Å²) in [6.45, 7) is 1.77. The second kappa shape index (κ2) is 5.85. The molecule has 0 amide bonds. The highest BCUT2D eigenvalue weighted by Gasteiger charge is 2.14. The summed E-state index contributed by atoms with van der Waals surface area (Å²) >= 11 is 1.27. The molecule has 21 heavy (non-hydrogen) atoms. The molecule has 0 spiro atoms. The number of ketones is 1. The minimum Gasteiger partial charge on any atom is -0.301 e. The van der Waals surface area contributed by atoms with Gasteiger partial charge in [-0.25, -0.2) is 4.98 Å². The summed E-state index contributed by atoms with van der Waals surface area (Å²) in [4.78, 5) is 30.5. The summed E-state index contributed by atoms with van der Waals surface area (Å²) < 4.78 is 0. The Kier molecular flexibility index (Phi) is 3.92. The number of thioether (sulfide) groups is 1. The maximum atomic E-state index is 12.2. The number of nitrogens with one attached hydrogen (secondary N) is 1. The molecule has 2 aromatic rings. The van der Waals surface area contributed by atoms with E-state index in [-0.39, 0.29) is 17.1 Å². The van der Waals surface area contributed by atoms with Crippen LogP contribution in [0.5, 0.6) is 0 Å². The summed E-state index contributed by atoms with van der Waals surface area (Å²) in [6, 6.07) is 7.41. The van der Waals surface area contributed by atoms with Crippen molar-refractivity contribution in [1.82, 2.24) is 9.97 Å². The molecule has 0 aliphatic heterocycles. The second-order valence-electron chi connectivity index (χ2n) is 5.24. The van der Waals surface area contributed by atoms with Crippen molar-refractivity contribution < 1.29 is 4.79 Å². The van der Waals surface area contributed by atoms with Gasteiger partial charge in [0.1, 0.15) is 0 Å². The fraction of sp³-hybridized carbons (Fsp3) is 0.312. The molecule has 4 nitrogen and oxygen atoms in total. The van der Waals surface area contributed by atoms with Crippen molar-refractivity contribution in [2.24, 2.45) is 0 Å². The molecular weight excluding hydrogens is 284 g/mol. The van der Waals surface area contributed by atoms with Crippen molar-refractivity contribution in [3.8, 4) is 0 Å². The number of aryl methyl sites for hydroxylation is 3. The molecule has 3 rings (SSSR count). The van der Waals surface area contributed by atoms with Crippen molar-refractivity contribution in [3.63, 3.8) is 0 Å². The Morgan fingerprint density at radius 3 is 2.90 bits per heavy atom. The first-order valence-corrected chi connectivity index (χ1v) is 7.96. The molecular formula is C16H16N2O2S. The van der Waals surface area contributed by atoms with Gasteiger partial charge in [0, 0.05) is 17.3 Å². The second-order valence-corrected chi connectivity index (χ2v) is 6.20. The van der Waals surface area contributed by atoms with Gasteiger partial charge in [-0.05, 0) is 43.4 Å². The molecule has 0 bridgehead atoms. The number of fused-ring (bicyclic) bond motifs is 1. The van der Waals surface area contributed by atoms with E-state index in [1.165, 1.54) is 35.4 Å². The lowest BCUT2D eigenvalue weighted by Gasteiger charge is -2.04. The van der Waals surface area contributed by atoms with Crippen LogP contribution >= 0.6 is 11.8 Å². The van der Waals surface area contributed by atoms with Gasteiger partial charge in [0.15, 0.2) is 10.9 Å². The molecule has 1 aromatic carbocycles. The first kappa shape index (κ1) is 14.1. The number of hydrogen-bond acceptors (Lipinski definition) is 4. The summed E-state index contributed by atoms with van der Waals surface area (Å²) in [5.41, 5.74) is 3.89. The predicted octanol–water partition coefficient (Wildman–Crippen LogP) is 2.54. The van der Waals surface area contributed by atoms with Gasteiger partial charge in [0.2, 0.25) is 0 Å². The fourth-order valence-corrected chi connectivity index (χ4v) is 3.40. The van der Waals surface area contributed by atoms with E-state index in [0.29, 0.717) is 10.9 Å². The van der Waals surface area contributed by atoms with Gasteiger partial charge >= 0.3 is 0 Å². The topological polar surface area (TPSA) is 62.8 Å². The number of rotatable bonds is 4. The lowest BCUT2D eigenvalue weighted by molar-refractivity contribution is 0.102. The first-order chi connectivity index (χ1) is 10.1. The van der Waals surface area contributed by atoms with E-state index in [1.54, 1.807) is 6.92 Å². The molecule has 0 atom stereocenters. The Hall–Kier alpha value is -1.88. The molecule has 108 valence electrons. The van der Waals surface area contributed by atoms with Crippen LogP contribution in [0.2, 0.25) is 0 Å². The maximum absolute atomic E-state index is 12.2. The molecule has 1 aliphatic carbocycles. The molecule has 0 saturated heterocycles. The van der Waals surface area contributed by atoms with Gasteiger partial charge in [-0.2, -0.15) is 0 Å². The fourth-order valence-electron chi connectivity index (χ4n) is 2.58. The Labute approximate surface area is 127 Å². The van der Waals surface area contributed by atoms with E-state index in [1.807, 2.05) is 12.1 Å². The molecule has 1 aromatic heterocycles. The normalized spacial score (nSPS) is 13.2. The molecule has 0 unspecified atom stereocenters. The Bertz CT molecular complexity index is 752. The van der Waals surface area contributed by atoms with Gasteiger partial charge < -0.3 is 4.98 Å². The molecule has 5 heteroatoms. The average Bonchev–Trinajstić information content (AvgIpc) is 2.91. The van der Waals surface area contributed by atoms with Crippen LogP contribution in [-0.4, -0.2) is 21.5 Å². The molecule has 0 radical (unpaired) electrons. The van der Waals surface area contributed by atoms with Crippen LogP contribution in [-0.2, 0) is 12.8 Å². The van der Waals surface area contributed by atoms with E-state index in [0.717, 1.165) is 18.4 Å². The molecule has 0 saturated carbocycles. The van der Waals surface area contributed by atoms with Gasteiger partial charge in [0.25, 0.3) is 5.56 Å². The number of hydrogen-bond donors (Lipinski definition) is 1. The van der Waals surface area contributed by atoms with Crippen LogP contribution in [0.15, 0.2) is 34.2 Å². The van der Waals surface area contributed by atoms with Crippen LogP contribution in [0, 0.1) is 6.92 Å². The van der Waals surface area contributed by atoms with Crippen LogP contribution in [0.25, 0.3) is 0 Å². The highest BCUT2D eigenvalue weighted by molar-refractivity contribution is 7.99. The number of H-pyrrole nitrogens is 1. The third-order valence-corrected chi connectivity index (χ3v) is 4.48. The van der Waals surface area contributed by atoms with E-state index in [2.05, 4.69) is 16.0 Å². The van der Waals surface area contributed by atoms with Crippen LogP contribution in [0.4, 0.5) is 0 Å². The maximum Gasteiger partial charge on any atom is 0.251 e. The summed E-state index contributed by atoms with van der Waals surface area (Å²) in [5.74, 6) is 0.351. The molecule has 0 fully saturated rings. The van der Waals surface area contributed by atoms with Crippen LogP contribution in [0.3, 0.4) is 0 Å². The van der Waals surface area contributed by atoms with Gasteiger partial charge in [-0.1, -0.05) is 23.9 Å². The number of carbonyl (C=O) groups excluding carboxylic acids is 1. The number of benzene rings is 1. The first-order valence-electron chi connectivity index (χ1n) is 6.97. The predicted molar refractivity (Wildman–Crippen MR) is 83.1 cm³/mol. The summed E-state index contributed by atoms with van der Waals surface area (Å²) in [6.07, 6.45) is 3.36. The standard InChI is InChI=1S/C16H16N2O2S/c1-10-7-15(20)18-16(17-10)21-9-14(19)13-6-5-11-3-2-4-12(11)8-13/h5-8H,2-4,9H2,1H3,(H,17,18,20). The third-order valence-electron chi connectivity index (χ3n) is 3.61. The van der Waals surface area contributed by atoms with E-state index in [9.17, 15) is 9.59 Å². The average molecular weight is 300 g/mol. The summed E-state index contributed by atoms with van der Waals surface area (Å²) in [5, 5.41) is 0.495. The van der Waals surface area contributed by atoms with Crippen molar-refractivity contribution in [3.05, 3.63) is 57.0 Å². The summed E-state index contributed by atoms with van der Waals surface area (Å²) in [7, 11) is 0. The zero-order valence-corrected chi connectivity index (χ0v) is 12.6. The molecule has 1 heterocycles. The van der Waals surface area contributed by atoms with Crippen molar-refractivity contribution in [1.29, 1.82) is 0 Å². The van der Waals surface area contributed by atoms with Crippen molar-refractivity contribution in [2.45, 2.75) is 31.3 Å². The highest BCUT2D eigenvalue weighted by atomic mass is 32.2. The largest absolute Gasteiger partial charge is 0.301 e. The quantitative estimate of drug-likeness (QED) is 0.535. The smallest absolute Gasteiger partial charge is 0.251 e. The zero-order chi connectivity index (χ0) is 14.8. The van der Waals surface area contributed by atoms with Crippen LogP contribution in [0.1, 0.15) is 33.6 Å². The van der Waals surface area contributed by atoms with E-state index in [4.69, 9.17) is 0 Å². The van der Waals surface area contributed by atoms with E-state index < -0.39 is 0 Å². The van der Waals surface area contributed by atoms with E-state index >= 15 is 0 Å². The minimum atomic E-state index is -0.185. The van der Waals surface area contributed by atoms with Crippen LogP contribution < -0.4 is 5.56 Å². The third kappa shape index (κ3) is 3.24. The number of nitrogens with zero attached hydrogens (tertiary/aromatic N) is 1. The Balaban J connectivity index is 1.70. The zero-order valence-electron chi connectivity index (χ0n) is 11.8. The van der Waals surface area contributed by atoms with Crippen molar-refractivity contribution in [2.75, 3.05) is 5.75 Å². The number of Topliss-reactive ketones (excluding diaryl/α,β-unsaturated/α-hetero) is 1. The Morgan fingerprint density at radius 2 is 2.10 bits per heavy atom. The number of aromatic nitrogens is 2. The minimum absolute atomic E-state index is 0.0684. The van der Waals surface area contributed by atoms with Gasteiger partial charge in [0.05, 0.1) is 5.75 Å². The molecule has 1 N–H and O–H groups in total. The number of carbonyl (C=O) groups is 1. The lowest BCUT2D eigenvalue weighted by Crippen LogP contribution is -2.10. The number of aromatic amines is 1. The van der Waals surface area contributed by atoms with Crippen molar-refractivity contribution >= 4 is 17.5 Å². The SMILES string of the molecule is Cc1cc(=O)[nH]c(SCC(=O)c2ccc3c(c2)CCC3)n1.